The molecule has 6 heteroatoms. The second-order valence-corrected chi connectivity index (χ2v) is 3.93. The fourth-order valence-corrected chi connectivity index (χ4v) is 1.31. The second kappa shape index (κ2) is 7.08. The Morgan fingerprint density at radius 3 is 2.30 bits per heavy atom. The van der Waals surface area contributed by atoms with Gasteiger partial charge >= 0.3 is 17.9 Å². The maximum Gasteiger partial charge on any atom is 0.338 e. The number of benzene rings is 1. The highest BCUT2D eigenvalue weighted by atomic mass is 16.6. The Bertz CT molecular complexity index is 517. The summed E-state index contributed by atoms with van der Waals surface area (Å²) in [5, 5.41) is 8.73. The number of carboxylic acid groups (broad SMARTS) is 1. The summed E-state index contributed by atoms with van der Waals surface area (Å²) in [6.07, 6.45) is 0.422. The Hall–Kier alpha value is -2.63. The number of aromatic carboxylic acids is 1. The molecule has 0 radical (unpaired) electrons. The van der Waals surface area contributed by atoms with Crippen LogP contribution in [0.1, 0.15) is 27.6 Å². The Kier molecular flexibility index (Phi) is 5.46. The number of hydrogen-bond acceptors (Lipinski definition) is 5. The fourth-order valence-electron chi connectivity index (χ4n) is 1.31. The van der Waals surface area contributed by atoms with Crippen LogP contribution in [0.5, 0.6) is 0 Å². The first kappa shape index (κ1) is 15.4. The summed E-state index contributed by atoms with van der Waals surface area (Å²) >= 11 is 0. The highest BCUT2D eigenvalue weighted by molar-refractivity contribution is 5.92. The number of carboxylic acids is 1. The molecule has 1 aromatic carbocycles. The monoisotopic (exact) mass is 278 g/mol. The lowest BCUT2D eigenvalue weighted by Gasteiger charge is -2.12. The first-order valence-electron chi connectivity index (χ1n) is 5.77. The summed E-state index contributed by atoms with van der Waals surface area (Å²) in [6, 6.07) is 5.32. The number of hydrogen-bond donors (Lipinski definition) is 1. The summed E-state index contributed by atoms with van der Waals surface area (Å²) < 4.78 is 9.76. The Balaban J connectivity index is 2.52. The van der Waals surface area contributed by atoms with Gasteiger partial charge in [0, 0.05) is 6.08 Å². The first-order valence-corrected chi connectivity index (χ1v) is 5.77. The average molecular weight is 278 g/mol. The molecule has 0 aromatic heterocycles. The topological polar surface area (TPSA) is 89.9 Å². The maximum absolute atomic E-state index is 11.7. The minimum Gasteiger partial charge on any atom is -0.478 e. The van der Waals surface area contributed by atoms with Crippen LogP contribution in [0.4, 0.5) is 0 Å². The molecule has 0 bridgehead atoms. The van der Waals surface area contributed by atoms with Gasteiger partial charge in [-0.2, -0.15) is 0 Å². The highest BCUT2D eigenvalue weighted by Gasteiger charge is 2.12. The van der Waals surface area contributed by atoms with Crippen molar-refractivity contribution in [2.24, 2.45) is 0 Å². The van der Waals surface area contributed by atoms with Gasteiger partial charge in [0.2, 0.25) is 0 Å². The van der Waals surface area contributed by atoms with Crippen molar-refractivity contribution in [2.75, 3.05) is 6.61 Å². The number of ether oxygens (including phenoxy) is 2. The molecule has 0 spiro atoms. The van der Waals surface area contributed by atoms with E-state index in [0.29, 0.717) is 0 Å². The third-order valence-corrected chi connectivity index (χ3v) is 2.30. The van der Waals surface area contributed by atoms with Gasteiger partial charge in [0.05, 0.1) is 11.1 Å². The SMILES string of the molecule is C=CC(=O)OC(C)COC(=O)c1ccc(C(=O)O)cc1. The lowest BCUT2D eigenvalue weighted by atomic mass is 10.1. The molecular formula is C14H14O6. The zero-order chi connectivity index (χ0) is 15.1. The fraction of sp³-hybridized carbons (Fsp3) is 0.214. The summed E-state index contributed by atoms with van der Waals surface area (Å²) in [6.45, 7) is 4.72. The van der Waals surface area contributed by atoms with Crippen LogP contribution in [-0.2, 0) is 14.3 Å². The molecule has 0 aliphatic heterocycles. The smallest absolute Gasteiger partial charge is 0.338 e. The molecule has 1 aromatic rings. The second-order valence-electron chi connectivity index (χ2n) is 3.93. The van der Waals surface area contributed by atoms with E-state index in [-0.39, 0.29) is 17.7 Å². The van der Waals surface area contributed by atoms with Crippen LogP contribution in [0.2, 0.25) is 0 Å². The van der Waals surface area contributed by atoms with Crippen LogP contribution in [0.15, 0.2) is 36.9 Å². The van der Waals surface area contributed by atoms with Gasteiger partial charge in [-0.25, -0.2) is 14.4 Å². The van der Waals surface area contributed by atoms with E-state index in [2.05, 4.69) is 6.58 Å². The van der Waals surface area contributed by atoms with Crippen LogP contribution >= 0.6 is 0 Å². The van der Waals surface area contributed by atoms with Gasteiger partial charge < -0.3 is 14.6 Å². The van der Waals surface area contributed by atoms with E-state index in [1.54, 1.807) is 6.92 Å². The van der Waals surface area contributed by atoms with Crippen molar-refractivity contribution in [1.82, 2.24) is 0 Å². The van der Waals surface area contributed by atoms with E-state index in [0.717, 1.165) is 6.08 Å². The first-order chi connectivity index (χ1) is 9.43. The number of esters is 2. The quantitative estimate of drug-likeness (QED) is 0.628. The van der Waals surface area contributed by atoms with E-state index < -0.39 is 24.0 Å². The third-order valence-electron chi connectivity index (χ3n) is 2.30. The summed E-state index contributed by atoms with van der Waals surface area (Å²) in [5.41, 5.74) is 0.298. The van der Waals surface area contributed by atoms with Gasteiger partial charge in [0.1, 0.15) is 12.7 Å². The predicted octanol–water partition coefficient (Wildman–Crippen LogP) is 1.66. The molecule has 0 saturated heterocycles. The van der Waals surface area contributed by atoms with Gasteiger partial charge in [-0.15, -0.1) is 0 Å². The van der Waals surface area contributed by atoms with Gasteiger partial charge in [-0.3, -0.25) is 0 Å². The molecule has 6 nitrogen and oxygen atoms in total. The summed E-state index contributed by atoms with van der Waals surface area (Å²) in [5.74, 6) is -2.29. The minimum atomic E-state index is -1.07. The molecule has 1 N–H and O–H groups in total. The molecule has 106 valence electrons. The van der Waals surface area contributed by atoms with Crippen molar-refractivity contribution >= 4 is 17.9 Å². The standard InChI is InChI=1S/C14H14O6/c1-3-12(15)20-9(2)8-19-14(18)11-6-4-10(5-7-11)13(16)17/h3-7,9H,1,8H2,2H3,(H,16,17). The minimum absolute atomic E-state index is 0.0785. The molecular weight excluding hydrogens is 264 g/mol. The van der Waals surface area contributed by atoms with Crippen molar-refractivity contribution in [3.8, 4) is 0 Å². The van der Waals surface area contributed by atoms with Crippen LogP contribution in [0, 0.1) is 0 Å². The van der Waals surface area contributed by atoms with Gasteiger partial charge in [-0.05, 0) is 31.2 Å². The largest absolute Gasteiger partial charge is 0.478 e. The van der Waals surface area contributed by atoms with Gasteiger partial charge in [0.25, 0.3) is 0 Å². The molecule has 1 rings (SSSR count). The van der Waals surface area contributed by atoms with E-state index in [1.807, 2.05) is 0 Å². The molecule has 0 aliphatic carbocycles. The van der Waals surface area contributed by atoms with Crippen LogP contribution in [0.3, 0.4) is 0 Å². The van der Waals surface area contributed by atoms with Crippen LogP contribution in [-0.4, -0.2) is 35.7 Å². The molecule has 0 heterocycles. The van der Waals surface area contributed by atoms with Crippen molar-refractivity contribution in [3.05, 3.63) is 48.0 Å². The number of carbonyl (C=O) groups excluding carboxylic acids is 2. The van der Waals surface area contributed by atoms with Gasteiger partial charge in [0.15, 0.2) is 0 Å². The number of carbonyl (C=O) groups is 3. The van der Waals surface area contributed by atoms with Crippen molar-refractivity contribution in [2.45, 2.75) is 13.0 Å². The highest BCUT2D eigenvalue weighted by Crippen LogP contribution is 2.07. The lowest BCUT2D eigenvalue weighted by Crippen LogP contribution is -2.21. The maximum atomic E-state index is 11.7. The molecule has 1 atom stereocenters. The Morgan fingerprint density at radius 2 is 1.80 bits per heavy atom. The molecule has 1 unspecified atom stereocenters. The lowest BCUT2D eigenvalue weighted by molar-refractivity contribution is -0.144. The molecule has 0 amide bonds. The summed E-state index contributed by atoms with van der Waals surface area (Å²) in [4.78, 5) is 33.2. The number of rotatable bonds is 6. The van der Waals surface area contributed by atoms with Crippen LogP contribution in [0.25, 0.3) is 0 Å². The third kappa shape index (κ3) is 4.56. The van der Waals surface area contributed by atoms with E-state index >= 15 is 0 Å². The molecule has 0 saturated carbocycles. The van der Waals surface area contributed by atoms with Crippen molar-refractivity contribution in [3.63, 3.8) is 0 Å². The van der Waals surface area contributed by atoms with E-state index in [4.69, 9.17) is 14.6 Å². The normalized spacial score (nSPS) is 11.2. The average Bonchev–Trinajstić information content (AvgIpc) is 2.44. The van der Waals surface area contributed by atoms with E-state index in [1.165, 1.54) is 24.3 Å². The van der Waals surface area contributed by atoms with Gasteiger partial charge in [-0.1, -0.05) is 6.58 Å². The van der Waals surface area contributed by atoms with Crippen molar-refractivity contribution < 1.29 is 29.0 Å². The van der Waals surface area contributed by atoms with E-state index in [9.17, 15) is 14.4 Å². The zero-order valence-corrected chi connectivity index (χ0v) is 10.9. The summed E-state index contributed by atoms with van der Waals surface area (Å²) in [7, 11) is 0. The molecule has 20 heavy (non-hydrogen) atoms. The Morgan fingerprint density at radius 1 is 1.25 bits per heavy atom. The van der Waals surface area contributed by atoms with Crippen molar-refractivity contribution in [1.29, 1.82) is 0 Å². The van der Waals surface area contributed by atoms with Crippen LogP contribution < -0.4 is 0 Å². The predicted molar refractivity (Wildman–Crippen MR) is 69.4 cm³/mol. The zero-order valence-electron chi connectivity index (χ0n) is 10.9. The Labute approximate surface area is 115 Å². The molecule has 0 fully saturated rings. The molecule has 0 aliphatic rings.